The zero-order chi connectivity index (χ0) is 23.6. The van der Waals surface area contributed by atoms with Crippen LogP contribution in [-0.2, 0) is 7.05 Å². The van der Waals surface area contributed by atoms with Crippen LogP contribution in [0.1, 0.15) is 49.8 Å². The summed E-state index contributed by atoms with van der Waals surface area (Å²) in [5, 5.41) is 2.08. The molecule has 2 heteroatoms. The number of fused-ring (bicyclic) bond motifs is 3. The van der Waals surface area contributed by atoms with Gasteiger partial charge in [-0.1, -0.05) is 48.9 Å². The molecule has 2 bridgehead atoms. The molecule has 2 saturated carbocycles. The molecule has 2 aliphatic carbocycles. The third-order valence-electron chi connectivity index (χ3n) is 8.27. The number of rotatable bonds is 3. The number of halogens is 1. The van der Waals surface area contributed by atoms with Crippen LogP contribution in [0.25, 0.3) is 33.2 Å². The summed E-state index contributed by atoms with van der Waals surface area (Å²) >= 11 is 0. The van der Waals surface area contributed by atoms with Gasteiger partial charge in [0, 0.05) is 18.5 Å². The lowest BCUT2D eigenvalue weighted by Gasteiger charge is -2.22. The number of pyridine rings is 1. The van der Waals surface area contributed by atoms with E-state index in [0.717, 1.165) is 50.7 Å². The third kappa shape index (κ3) is 3.39. The van der Waals surface area contributed by atoms with E-state index in [0.29, 0.717) is 17.5 Å². The summed E-state index contributed by atoms with van der Waals surface area (Å²) < 4.78 is 26.1. The highest BCUT2D eigenvalue weighted by atomic mass is 19.1. The Morgan fingerprint density at radius 1 is 0.939 bits per heavy atom. The second kappa shape index (κ2) is 7.80. The van der Waals surface area contributed by atoms with Crippen molar-refractivity contribution in [3.63, 3.8) is 0 Å². The van der Waals surface area contributed by atoms with Crippen molar-refractivity contribution in [2.75, 3.05) is 0 Å². The van der Waals surface area contributed by atoms with E-state index < -0.39 is 0 Å². The van der Waals surface area contributed by atoms with Crippen molar-refractivity contribution in [3.05, 3.63) is 89.3 Å². The fourth-order valence-corrected chi connectivity index (χ4v) is 6.48. The summed E-state index contributed by atoms with van der Waals surface area (Å²) in [6.45, 7) is 4.00. The molecule has 1 heterocycles. The fraction of sp³-hybridized carbons (Fsp3) is 0.323. The molecule has 3 unspecified atom stereocenters. The van der Waals surface area contributed by atoms with E-state index in [1.54, 1.807) is 6.07 Å². The molecule has 0 N–H and O–H groups in total. The highest BCUT2D eigenvalue weighted by Gasteiger charge is 2.40. The lowest BCUT2D eigenvalue weighted by atomic mass is 9.82. The molecule has 0 spiro atoms. The molecule has 2 aliphatic rings. The van der Waals surface area contributed by atoms with Gasteiger partial charge >= 0.3 is 0 Å². The Bertz CT molecular complexity index is 1430. The van der Waals surface area contributed by atoms with Crippen LogP contribution in [0.15, 0.2) is 66.7 Å². The molecule has 1 aromatic heterocycles. The molecular weight excluding hydrogens is 405 g/mol. The average molecular weight is 438 g/mol. The van der Waals surface area contributed by atoms with E-state index in [4.69, 9.17) is 1.37 Å². The van der Waals surface area contributed by atoms with Crippen molar-refractivity contribution >= 4 is 10.8 Å². The predicted octanol–water partition coefficient (Wildman–Crippen LogP) is 7.66. The van der Waals surface area contributed by atoms with Crippen LogP contribution in [0.3, 0.4) is 0 Å². The average Bonchev–Trinajstić information content (AvgIpc) is 3.48. The topological polar surface area (TPSA) is 3.88 Å². The van der Waals surface area contributed by atoms with Crippen LogP contribution in [0, 0.1) is 31.5 Å². The molecule has 1 nitrogen and oxygen atoms in total. The van der Waals surface area contributed by atoms with Gasteiger partial charge in [-0.3, -0.25) is 0 Å². The minimum atomic E-state index is -0.202. The van der Waals surface area contributed by atoms with E-state index >= 15 is 4.39 Å². The van der Waals surface area contributed by atoms with E-state index in [1.807, 2.05) is 57.3 Å². The largest absolute Gasteiger partial charge is 0.220 e. The molecule has 33 heavy (non-hydrogen) atoms. The zero-order valence-corrected chi connectivity index (χ0v) is 19.7. The Hall–Kier alpha value is -3.00. The summed E-state index contributed by atoms with van der Waals surface area (Å²) in [7, 11) is 2.02. The van der Waals surface area contributed by atoms with Gasteiger partial charge in [0.1, 0.15) is 12.9 Å². The minimum Gasteiger partial charge on any atom is -0.206 e. The third-order valence-corrected chi connectivity index (χ3v) is 8.27. The van der Waals surface area contributed by atoms with Gasteiger partial charge in [-0.05, 0) is 84.2 Å². The first-order chi connectivity index (χ1) is 16.4. The van der Waals surface area contributed by atoms with Crippen LogP contribution >= 0.6 is 0 Å². The first kappa shape index (κ1) is 19.5. The normalized spacial score (nSPS) is 22.2. The van der Waals surface area contributed by atoms with Gasteiger partial charge in [0.05, 0.1) is 12.3 Å². The lowest BCUT2D eigenvalue weighted by molar-refractivity contribution is -0.665. The second-order valence-corrected chi connectivity index (χ2v) is 10.2. The number of hydrogen-bond donors (Lipinski definition) is 0. The molecule has 3 atom stereocenters. The van der Waals surface area contributed by atoms with Crippen molar-refractivity contribution in [3.8, 4) is 22.4 Å². The monoisotopic (exact) mass is 437 g/mol. The maximum atomic E-state index is 15.1. The van der Waals surface area contributed by atoms with E-state index in [-0.39, 0.29) is 5.82 Å². The van der Waals surface area contributed by atoms with Crippen LogP contribution in [-0.4, -0.2) is 0 Å². The Balaban J connectivity index is 1.56. The maximum absolute atomic E-state index is 15.1. The van der Waals surface area contributed by atoms with Gasteiger partial charge in [0.15, 0.2) is 5.69 Å². The van der Waals surface area contributed by atoms with Gasteiger partial charge in [-0.2, -0.15) is 4.57 Å². The van der Waals surface area contributed by atoms with Crippen LogP contribution in [0.2, 0.25) is 0 Å². The smallest absolute Gasteiger partial charge is 0.206 e. The number of nitrogens with zero attached hydrogens (tertiary/aromatic N) is 1. The molecule has 0 saturated heterocycles. The summed E-state index contributed by atoms with van der Waals surface area (Å²) in [6.07, 6.45) is 5.42. The lowest BCUT2D eigenvalue weighted by Crippen LogP contribution is -2.35. The molecule has 0 radical (unpaired) electrons. The fourth-order valence-electron chi connectivity index (χ4n) is 6.48. The van der Waals surface area contributed by atoms with Gasteiger partial charge in [0.2, 0.25) is 5.69 Å². The Kier molecular flexibility index (Phi) is 4.60. The Morgan fingerprint density at radius 3 is 2.48 bits per heavy atom. The van der Waals surface area contributed by atoms with Crippen molar-refractivity contribution in [2.45, 2.75) is 45.4 Å². The molecule has 6 rings (SSSR count). The molecule has 166 valence electrons. The molecule has 2 fully saturated rings. The summed E-state index contributed by atoms with van der Waals surface area (Å²) in [4.78, 5) is 0. The van der Waals surface area contributed by atoms with Gasteiger partial charge < -0.3 is 0 Å². The standard InChI is InChI=1S/C31H31FN/c1-19-13-30(32)29(22-7-5-4-6-8-22)18-27(19)31-26-12-11-24(17-25(26)14-20(2)33(31)3)28-16-21-9-10-23(28)15-21/h4-8,11-14,17-18,21,23,28H,9-10,15-16H2,1-3H3/q+1/i14D. The number of hydrogen-bond acceptors (Lipinski definition) is 0. The van der Waals surface area contributed by atoms with Crippen LogP contribution in [0.5, 0.6) is 0 Å². The summed E-state index contributed by atoms with van der Waals surface area (Å²) in [6, 6.07) is 20.8. The van der Waals surface area contributed by atoms with E-state index in [9.17, 15) is 0 Å². The number of aryl methyl sites for hydroxylation is 1. The van der Waals surface area contributed by atoms with E-state index in [1.165, 1.54) is 31.2 Å². The number of benzene rings is 3. The quantitative estimate of drug-likeness (QED) is 0.290. The van der Waals surface area contributed by atoms with Gasteiger partial charge in [0.25, 0.3) is 0 Å². The van der Waals surface area contributed by atoms with Crippen LogP contribution in [0.4, 0.5) is 4.39 Å². The zero-order valence-electron chi connectivity index (χ0n) is 20.7. The van der Waals surface area contributed by atoms with Crippen molar-refractivity contribution in [2.24, 2.45) is 18.9 Å². The molecule has 3 aromatic carbocycles. The molecule has 0 aliphatic heterocycles. The van der Waals surface area contributed by atoms with Crippen molar-refractivity contribution in [1.82, 2.24) is 0 Å². The first-order valence-electron chi connectivity index (χ1n) is 12.7. The van der Waals surface area contributed by atoms with Crippen LogP contribution < -0.4 is 4.57 Å². The summed E-state index contributed by atoms with van der Waals surface area (Å²) in [5.41, 5.74) is 6.79. The summed E-state index contributed by atoms with van der Waals surface area (Å²) in [5.74, 6) is 2.14. The number of aromatic nitrogens is 1. The Morgan fingerprint density at radius 2 is 1.76 bits per heavy atom. The minimum absolute atomic E-state index is 0.202. The molecular formula is C31H31FN+. The maximum Gasteiger partial charge on any atom is 0.220 e. The molecule has 4 aromatic rings. The highest BCUT2D eigenvalue weighted by molar-refractivity contribution is 5.95. The Labute approximate surface area is 197 Å². The van der Waals surface area contributed by atoms with E-state index in [2.05, 4.69) is 22.8 Å². The van der Waals surface area contributed by atoms with Gasteiger partial charge in [-0.15, -0.1) is 0 Å². The predicted molar refractivity (Wildman–Crippen MR) is 134 cm³/mol. The second-order valence-electron chi connectivity index (χ2n) is 10.2. The van der Waals surface area contributed by atoms with Crippen molar-refractivity contribution < 1.29 is 10.3 Å². The highest BCUT2D eigenvalue weighted by Crippen LogP contribution is 2.53. The SMILES string of the molecule is [2H]c1c(C)[n+](C)c(-c2cc(-c3ccccc3)c(F)cc2C)c2ccc(C3CC4CCC3C4)cc12. The van der Waals surface area contributed by atoms with Gasteiger partial charge in [-0.25, -0.2) is 4.39 Å². The first-order valence-corrected chi connectivity index (χ1v) is 12.2. The molecule has 0 amide bonds. The van der Waals surface area contributed by atoms with Crippen molar-refractivity contribution in [1.29, 1.82) is 0 Å².